The summed E-state index contributed by atoms with van der Waals surface area (Å²) in [6.45, 7) is 10.1. The van der Waals surface area contributed by atoms with E-state index in [1.54, 1.807) is 6.07 Å². The molecule has 0 spiro atoms. The zero-order valence-corrected chi connectivity index (χ0v) is 11.1. The fourth-order valence-corrected chi connectivity index (χ4v) is 2.25. The number of carbonyl (C=O) groups is 1. The first-order chi connectivity index (χ1) is 7.29. The molecule has 0 unspecified atom stereocenters. The molecular weight excluding hydrogens is 222 g/mol. The minimum absolute atomic E-state index is 0.250. The topological polar surface area (TPSA) is 49.3 Å². The normalized spacial score (nSPS) is 11.8. The van der Waals surface area contributed by atoms with Gasteiger partial charge in [0.05, 0.1) is 0 Å². The summed E-state index contributed by atoms with van der Waals surface area (Å²) in [6, 6.07) is 1.76. The lowest BCUT2D eigenvalue weighted by Crippen LogP contribution is -2.26. The maximum Gasteiger partial charge on any atom is 0.345 e. The summed E-state index contributed by atoms with van der Waals surface area (Å²) in [5, 5.41) is 12.2. The number of hydrogen-bond donors (Lipinski definition) is 2. The molecule has 1 rings (SSSR count). The minimum atomic E-state index is -0.838. The van der Waals surface area contributed by atoms with Crippen LogP contribution < -0.4 is 5.32 Å². The van der Waals surface area contributed by atoms with Crippen LogP contribution in [0.25, 0.3) is 0 Å². The lowest BCUT2D eigenvalue weighted by atomic mass is 9.97. The van der Waals surface area contributed by atoms with Crippen LogP contribution in [-0.4, -0.2) is 17.6 Å². The third-order valence-corrected chi connectivity index (χ3v) is 3.28. The first-order valence-electron chi connectivity index (χ1n) is 5.33. The highest BCUT2D eigenvalue weighted by Gasteiger charge is 2.12. The molecule has 4 heteroatoms. The molecule has 0 aliphatic heterocycles. The van der Waals surface area contributed by atoms with Gasteiger partial charge in [0, 0.05) is 18.0 Å². The van der Waals surface area contributed by atoms with Crippen LogP contribution in [0.4, 0.5) is 0 Å². The van der Waals surface area contributed by atoms with Crippen LogP contribution in [-0.2, 0) is 6.54 Å². The van der Waals surface area contributed by atoms with E-state index < -0.39 is 5.97 Å². The molecule has 0 bridgehead atoms. The largest absolute Gasteiger partial charge is 0.477 e. The van der Waals surface area contributed by atoms with Gasteiger partial charge in [0.15, 0.2) is 0 Å². The van der Waals surface area contributed by atoms with Crippen molar-refractivity contribution < 1.29 is 9.90 Å². The predicted molar refractivity (Wildman–Crippen MR) is 67.2 cm³/mol. The van der Waals surface area contributed by atoms with Crippen LogP contribution in [0, 0.1) is 12.3 Å². The van der Waals surface area contributed by atoms with E-state index in [4.69, 9.17) is 5.11 Å². The van der Waals surface area contributed by atoms with Crippen molar-refractivity contribution in [2.75, 3.05) is 6.54 Å². The van der Waals surface area contributed by atoms with E-state index in [9.17, 15) is 4.79 Å². The van der Waals surface area contributed by atoms with Gasteiger partial charge < -0.3 is 10.4 Å². The van der Waals surface area contributed by atoms with Crippen molar-refractivity contribution in [2.24, 2.45) is 5.41 Å². The number of hydrogen-bond acceptors (Lipinski definition) is 3. The molecule has 90 valence electrons. The molecular formula is C12H19NO2S. The summed E-state index contributed by atoms with van der Waals surface area (Å²) in [5.41, 5.74) is 1.34. The monoisotopic (exact) mass is 241 g/mol. The van der Waals surface area contributed by atoms with E-state index in [0.29, 0.717) is 4.88 Å². The second-order valence-electron chi connectivity index (χ2n) is 5.16. The Hall–Kier alpha value is -0.870. The van der Waals surface area contributed by atoms with E-state index in [-0.39, 0.29) is 5.41 Å². The van der Waals surface area contributed by atoms with Crippen LogP contribution in [0.2, 0.25) is 0 Å². The maximum absolute atomic E-state index is 10.8. The van der Waals surface area contributed by atoms with Crippen LogP contribution >= 0.6 is 11.3 Å². The zero-order chi connectivity index (χ0) is 12.3. The SMILES string of the molecule is Cc1sc(C(=O)O)cc1CNCC(C)(C)C. The quantitative estimate of drug-likeness (QED) is 0.852. The molecule has 0 radical (unpaired) electrons. The average molecular weight is 241 g/mol. The lowest BCUT2D eigenvalue weighted by Gasteiger charge is -2.18. The average Bonchev–Trinajstić information content (AvgIpc) is 2.46. The van der Waals surface area contributed by atoms with E-state index in [2.05, 4.69) is 26.1 Å². The van der Waals surface area contributed by atoms with Crippen LogP contribution in [0.3, 0.4) is 0 Å². The van der Waals surface area contributed by atoms with Gasteiger partial charge in [0.25, 0.3) is 0 Å². The Bertz CT molecular complexity index is 377. The molecule has 1 aromatic rings. The fourth-order valence-electron chi connectivity index (χ4n) is 1.37. The van der Waals surface area contributed by atoms with Gasteiger partial charge in [-0.15, -0.1) is 11.3 Å². The van der Waals surface area contributed by atoms with Gasteiger partial charge in [-0.3, -0.25) is 0 Å². The van der Waals surface area contributed by atoms with Crippen molar-refractivity contribution in [3.05, 3.63) is 21.4 Å². The molecule has 0 amide bonds. The second-order valence-corrected chi connectivity index (χ2v) is 6.42. The Labute approximate surface area is 100 Å². The Morgan fingerprint density at radius 3 is 2.56 bits per heavy atom. The summed E-state index contributed by atoms with van der Waals surface area (Å²) in [6.07, 6.45) is 0. The molecule has 0 aromatic carbocycles. The summed E-state index contributed by atoms with van der Waals surface area (Å²) < 4.78 is 0. The Kier molecular flexibility index (Phi) is 4.10. The molecule has 0 saturated heterocycles. The zero-order valence-electron chi connectivity index (χ0n) is 10.3. The number of aryl methyl sites for hydroxylation is 1. The highest BCUT2D eigenvalue weighted by atomic mass is 32.1. The van der Waals surface area contributed by atoms with E-state index >= 15 is 0 Å². The van der Waals surface area contributed by atoms with Crippen molar-refractivity contribution in [3.63, 3.8) is 0 Å². The van der Waals surface area contributed by atoms with Gasteiger partial charge in [-0.25, -0.2) is 4.79 Å². The third-order valence-electron chi connectivity index (χ3n) is 2.20. The first kappa shape index (κ1) is 13.2. The molecule has 0 aliphatic carbocycles. The Morgan fingerprint density at radius 2 is 2.12 bits per heavy atom. The van der Waals surface area contributed by atoms with Crippen LogP contribution in [0.15, 0.2) is 6.07 Å². The van der Waals surface area contributed by atoms with Crippen molar-refractivity contribution in [1.82, 2.24) is 5.32 Å². The van der Waals surface area contributed by atoms with Gasteiger partial charge >= 0.3 is 5.97 Å². The van der Waals surface area contributed by atoms with Crippen LogP contribution in [0.5, 0.6) is 0 Å². The molecule has 1 heterocycles. The number of aromatic carboxylic acids is 1. The molecule has 0 saturated carbocycles. The lowest BCUT2D eigenvalue weighted by molar-refractivity contribution is 0.0702. The second kappa shape index (κ2) is 4.97. The van der Waals surface area contributed by atoms with Crippen molar-refractivity contribution in [3.8, 4) is 0 Å². The number of rotatable bonds is 4. The number of carboxylic acid groups (broad SMARTS) is 1. The van der Waals surface area contributed by atoms with Gasteiger partial charge in [-0.1, -0.05) is 20.8 Å². The van der Waals surface area contributed by atoms with Crippen molar-refractivity contribution in [2.45, 2.75) is 34.2 Å². The minimum Gasteiger partial charge on any atom is -0.477 e. The van der Waals surface area contributed by atoms with Crippen molar-refractivity contribution in [1.29, 1.82) is 0 Å². The fraction of sp³-hybridized carbons (Fsp3) is 0.583. The molecule has 0 atom stereocenters. The number of thiophene rings is 1. The standard InChI is InChI=1S/C12H19NO2S/c1-8-9(5-10(16-8)11(14)15)6-13-7-12(2,3)4/h5,13H,6-7H2,1-4H3,(H,14,15). The van der Waals surface area contributed by atoms with Crippen LogP contribution in [0.1, 0.15) is 40.9 Å². The van der Waals surface area contributed by atoms with Crippen molar-refractivity contribution >= 4 is 17.3 Å². The summed E-state index contributed by atoms with van der Waals surface area (Å²) >= 11 is 1.34. The summed E-state index contributed by atoms with van der Waals surface area (Å²) in [5.74, 6) is -0.838. The molecule has 0 aliphatic rings. The van der Waals surface area contributed by atoms with Gasteiger partial charge in [0.2, 0.25) is 0 Å². The van der Waals surface area contributed by atoms with Gasteiger partial charge in [-0.2, -0.15) is 0 Å². The third kappa shape index (κ3) is 3.94. The highest BCUT2D eigenvalue weighted by molar-refractivity contribution is 7.14. The summed E-state index contributed by atoms with van der Waals surface area (Å²) in [4.78, 5) is 12.3. The Morgan fingerprint density at radius 1 is 1.50 bits per heavy atom. The molecule has 0 fully saturated rings. The van der Waals surface area contributed by atoms with E-state index in [1.165, 1.54) is 11.3 Å². The number of carboxylic acids is 1. The van der Waals surface area contributed by atoms with Gasteiger partial charge in [0.1, 0.15) is 4.88 Å². The Balaban J connectivity index is 2.58. The predicted octanol–water partition coefficient (Wildman–Crippen LogP) is 2.89. The van der Waals surface area contributed by atoms with E-state index in [1.807, 2.05) is 6.92 Å². The smallest absolute Gasteiger partial charge is 0.345 e. The van der Waals surface area contributed by atoms with E-state index in [0.717, 1.165) is 23.5 Å². The summed E-state index contributed by atoms with van der Waals surface area (Å²) in [7, 11) is 0. The molecule has 3 nitrogen and oxygen atoms in total. The van der Waals surface area contributed by atoms with Gasteiger partial charge in [-0.05, 0) is 24.0 Å². The first-order valence-corrected chi connectivity index (χ1v) is 6.14. The molecule has 1 aromatic heterocycles. The molecule has 2 N–H and O–H groups in total. The number of nitrogens with one attached hydrogen (secondary N) is 1. The highest BCUT2D eigenvalue weighted by Crippen LogP contribution is 2.21. The maximum atomic E-state index is 10.8. The molecule has 16 heavy (non-hydrogen) atoms.